The van der Waals surface area contributed by atoms with E-state index in [1.165, 1.54) is 28.3 Å². The molecule has 484 valence electrons. The van der Waals surface area contributed by atoms with E-state index in [0.29, 0.717) is 19.4 Å². The molecule has 1 aromatic rings. The minimum Gasteiger partial charge on any atom is -0.461 e. The second-order valence-corrected chi connectivity index (χ2v) is 25.2. The Morgan fingerprint density at radius 1 is 0.812 bits per heavy atom. The molecule has 0 spiro atoms. The smallest absolute Gasteiger partial charge is 0.408 e. The number of hydrogen-bond donors (Lipinski definition) is 3. The summed E-state index contributed by atoms with van der Waals surface area (Å²) < 4.78 is 70.9. The van der Waals surface area contributed by atoms with Crippen molar-refractivity contribution in [1.82, 2.24) is 10.2 Å². The Balaban J connectivity index is 1.70. The van der Waals surface area contributed by atoms with Gasteiger partial charge in [0.2, 0.25) is 0 Å². The standard InChI is InChI=1S/C63H103N3O19/c1-34(2)27-48(68)81-54-42(10)53(36(4)33-77-61-57(75-16)56(74-15)50(69)45(13)80-61)83-59(72)44(12)55(82-49-28-37(5)66(32-40(8)78-49)26-22-21-23-38(6)67)41(9)52(84-60-51(70)47(65-76-17)29-39(7)79-60)35(3)30-63(14,58(71)43(54)11)85-62(73)64-31-46-24-19-18-20-25-46/h18-20,24-25,34-37,39-45,49-57,60-61,69-70H,21-23,26-33H2,1-17H3,(H,64,73)/t35-,36-,37-,39+,40?,41+,42-,43+,44+,45+,49-,50+,51+,52-,53+,54+,55-,56+,57+,60-,61+,63-/m0/s1. The molecule has 1 aromatic carbocycles. The minimum atomic E-state index is -1.98. The number of benzene rings is 1. The molecule has 4 aliphatic heterocycles. The number of ketones is 2. The van der Waals surface area contributed by atoms with Crippen LogP contribution in [0.15, 0.2) is 35.5 Å². The second kappa shape index (κ2) is 33.4. The number of Topliss-reactive ketones (excluding diaryl/α,β-unsaturated/α-hetero) is 2. The lowest BCUT2D eigenvalue weighted by Crippen LogP contribution is -2.59. The van der Waals surface area contributed by atoms with Gasteiger partial charge in [-0.2, -0.15) is 0 Å². The molecule has 5 rings (SSSR count). The van der Waals surface area contributed by atoms with Gasteiger partial charge in [-0.25, -0.2) is 4.79 Å². The van der Waals surface area contributed by atoms with Crippen LogP contribution in [0, 0.1) is 41.4 Å². The van der Waals surface area contributed by atoms with Gasteiger partial charge in [0.1, 0.15) is 49.5 Å². The summed E-state index contributed by atoms with van der Waals surface area (Å²) in [6, 6.07) is 9.16. The molecular formula is C63H103N3O19. The molecule has 85 heavy (non-hydrogen) atoms. The third-order valence-electron chi connectivity index (χ3n) is 17.2. The number of nitrogens with one attached hydrogen (secondary N) is 1. The van der Waals surface area contributed by atoms with Crippen LogP contribution in [0.4, 0.5) is 4.79 Å². The summed E-state index contributed by atoms with van der Waals surface area (Å²) >= 11 is 0. The van der Waals surface area contributed by atoms with Crippen molar-refractivity contribution in [1.29, 1.82) is 0 Å². The number of alkyl carbamates (subject to hydrolysis) is 1. The molecule has 22 atom stereocenters. The molecule has 4 heterocycles. The number of carbonyl (C=O) groups excluding carboxylic acids is 5. The number of nitrogens with zero attached hydrogens (tertiary/aromatic N) is 2. The molecule has 0 aliphatic carbocycles. The molecule has 0 radical (unpaired) electrons. The maximum absolute atomic E-state index is 15.9. The van der Waals surface area contributed by atoms with E-state index in [4.69, 9.17) is 56.9 Å². The van der Waals surface area contributed by atoms with E-state index in [-0.39, 0.29) is 62.0 Å². The Labute approximate surface area is 504 Å². The fraction of sp³-hybridized carbons (Fsp3) is 0.810. The molecule has 0 bridgehead atoms. The highest BCUT2D eigenvalue weighted by atomic mass is 16.7. The molecule has 22 nitrogen and oxygen atoms in total. The van der Waals surface area contributed by atoms with Gasteiger partial charge < -0.3 is 77.3 Å². The first kappa shape index (κ1) is 71.6. The van der Waals surface area contributed by atoms with Crippen LogP contribution in [0.1, 0.15) is 147 Å². The minimum absolute atomic E-state index is 0.00234. The first-order valence-electron chi connectivity index (χ1n) is 30.7. The lowest BCUT2D eigenvalue weighted by atomic mass is 9.74. The molecule has 0 saturated carbocycles. The van der Waals surface area contributed by atoms with Gasteiger partial charge in [-0.15, -0.1) is 0 Å². The van der Waals surface area contributed by atoms with Crippen LogP contribution in [-0.4, -0.2) is 189 Å². The number of aliphatic hydroxyl groups excluding tert-OH is 2. The number of hydrogen-bond acceptors (Lipinski definition) is 21. The quantitative estimate of drug-likeness (QED) is 0.0444. The fourth-order valence-electron chi connectivity index (χ4n) is 12.7. The number of cyclic esters (lactones) is 1. The van der Waals surface area contributed by atoms with Crippen LogP contribution < -0.4 is 5.32 Å². The highest BCUT2D eigenvalue weighted by Crippen LogP contribution is 2.41. The molecule has 4 fully saturated rings. The summed E-state index contributed by atoms with van der Waals surface area (Å²) in [5.41, 5.74) is -0.918. The van der Waals surface area contributed by atoms with Crippen molar-refractivity contribution in [3.63, 3.8) is 0 Å². The molecule has 4 saturated heterocycles. The molecule has 1 unspecified atom stereocenters. The normalized spacial score (nSPS) is 37.5. The third-order valence-corrected chi connectivity index (χ3v) is 17.2. The van der Waals surface area contributed by atoms with Gasteiger partial charge >= 0.3 is 18.0 Å². The van der Waals surface area contributed by atoms with Gasteiger partial charge in [-0.3, -0.25) is 19.3 Å². The van der Waals surface area contributed by atoms with Crippen molar-refractivity contribution >= 4 is 35.3 Å². The Morgan fingerprint density at radius 2 is 1.49 bits per heavy atom. The number of rotatable bonds is 22. The third kappa shape index (κ3) is 19.9. The number of amides is 1. The lowest BCUT2D eigenvalue weighted by molar-refractivity contribution is -0.305. The van der Waals surface area contributed by atoms with Crippen molar-refractivity contribution < 1.29 is 91.1 Å². The maximum Gasteiger partial charge on any atom is 0.408 e. The van der Waals surface area contributed by atoms with Gasteiger partial charge in [-0.05, 0) is 91.7 Å². The second-order valence-electron chi connectivity index (χ2n) is 25.2. The van der Waals surface area contributed by atoms with E-state index < -0.39 is 145 Å². The largest absolute Gasteiger partial charge is 0.461 e. The van der Waals surface area contributed by atoms with Gasteiger partial charge in [-0.1, -0.05) is 84.0 Å². The summed E-state index contributed by atoms with van der Waals surface area (Å²) in [5.74, 6) is -7.45. The number of oxime groups is 1. The van der Waals surface area contributed by atoms with Crippen molar-refractivity contribution in [3.05, 3.63) is 35.9 Å². The van der Waals surface area contributed by atoms with Crippen LogP contribution in [0.3, 0.4) is 0 Å². The van der Waals surface area contributed by atoms with E-state index in [0.717, 1.165) is 24.9 Å². The zero-order valence-electron chi connectivity index (χ0n) is 53.6. The Bertz CT molecular complexity index is 2290. The summed E-state index contributed by atoms with van der Waals surface area (Å²) in [5, 5.41) is 29.8. The van der Waals surface area contributed by atoms with Gasteiger partial charge in [0.25, 0.3) is 0 Å². The predicted molar refractivity (Wildman–Crippen MR) is 314 cm³/mol. The number of aliphatic hydroxyl groups is 2. The van der Waals surface area contributed by atoms with Gasteiger partial charge in [0, 0.05) is 76.8 Å². The molecule has 4 aliphatic rings. The zero-order valence-corrected chi connectivity index (χ0v) is 53.6. The average Bonchev–Trinajstić information content (AvgIpc) is 2.69. The van der Waals surface area contributed by atoms with E-state index in [1.807, 2.05) is 71.9 Å². The number of carbonyl (C=O) groups is 5. The van der Waals surface area contributed by atoms with E-state index in [9.17, 15) is 24.6 Å². The number of methoxy groups -OCH3 is 2. The van der Waals surface area contributed by atoms with Crippen molar-refractivity contribution in [3.8, 4) is 0 Å². The maximum atomic E-state index is 15.9. The van der Waals surface area contributed by atoms with E-state index >= 15 is 9.59 Å². The van der Waals surface area contributed by atoms with Crippen molar-refractivity contribution in [2.24, 2.45) is 46.6 Å². The Kier molecular flexibility index (Phi) is 28.1. The topological polar surface area (TPSA) is 264 Å². The lowest BCUT2D eigenvalue weighted by Gasteiger charge is -2.45. The predicted octanol–water partition coefficient (Wildman–Crippen LogP) is 7.34. The molecule has 0 aromatic heterocycles. The van der Waals surface area contributed by atoms with Gasteiger partial charge in [0.05, 0.1) is 54.7 Å². The summed E-state index contributed by atoms with van der Waals surface area (Å²) in [7, 11) is 4.28. The van der Waals surface area contributed by atoms with E-state index in [2.05, 4.69) is 22.3 Å². The first-order chi connectivity index (χ1) is 40.1. The molecule has 1 amide bonds. The SMILES string of the molecule is CON=C1C[C@@H](C)O[C@@H](O[C@@H]2[C@@H](C)[C@H](O[C@H]3C[C@H](C)N(CCCCC(C)=O)CC(C)O3)[C@@H](C)C(=O)O[C@H]([C@@H](C)CO[C@@H]3O[C@H](C)[C@@H](O)[C@@H](OC)[C@H]3OC)[C@H](C)[C@@H](OC(=O)CC(C)C)[C@@H](C)C(=O)[C@@](C)(OC(=O)NCc3ccccc3)C[C@@H]2C)[C@@H]1O. The van der Waals surface area contributed by atoms with Crippen LogP contribution in [0.2, 0.25) is 0 Å². The summed E-state index contributed by atoms with van der Waals surface area (Å²) in [4.78, 5) is 79.1. The van der Waals surface area contributed by atoms with E-state index in [1.54, 1.807) is 41.5 Å². The highest BCUT2D eigenvalue weighted by Gasteiger charge is 2.53. The zero-order chi connectivity index (χ0) is 63.0. The average molecular weight is 1210 g/mol. The Morgan fingerprint density at radius 3 is 2.13 bits per heavy atom. The Hall–Kier alpha value is -4.20. The van der Waals surface area contributed by atoms with Crippen LogP contribution in [0.25, 0.3) is 0 Å². The molecule has 3 N–H and O–H groups in total. The molecule has 22 heteroatoms. The molecular weight excluding hydrogens is 1100 g/mol. The summed E-state index contributed by atoms with van der Waals surface area (Å²) in [6.45, 7) is 26.2. The monoisotopic (exact) mass is 1210 g/mol. The van der Waals surface area contributed by atoms with Crippen LogP contribution in [-0.2, 0) is 82.7 Å². The van der Waals surface area contributed by atoms with Crippen LogP contribution >= 0.6 is 0 Å². The van der Waals surface area contributed by atoms with Crippen molar-refractivity contribution in [2.75, 3.05) is 41.0 Å². The number of unbranched alkanes of at least 4 members (excludes halogenated alkanes) is 1. The summed E-state index contributed by atoms with van der Waals surface area (Å²) in [6.07, 6.45) is -11.9. The first-order valence-corrected chi connectivity index (χ1v) is 30.7. The fourth-order valence-corrected chi connectivity index (χ4v) is 12.7. The highest BCUT2D eigenvalue weighted by molar-refractivity contribution is 5.91. The van der Waals surface area contributed by atoms with Gasteiger partial charge in [0.15, 0.2) is 30.3 Å². The number of esters is 2. The number of ether oxygens (including phenoxy) is 11. The van der Waals surface area contributed by atoms with Crippen LogP contribution in [0.5, 0.6) is 0 Å². The van der Waals surface area contributed by atoms with Crippen molar-refractivity contribution in [2.45, 2.75) is 246 Å².